The van der Waals surface area contributed by atoms with Crippen LogP contribution in [0.2, 0.25) is 0 Å². The largest absolute Gasteiger partial charge is 0.359 e. The van der Waals surface area contributed by atoms with Crippen LogP contribution in [0.15, 0.2) is 15.6 Å². The molecular formula is C15H29IN4OS. The number of hydrogen-bond donors (Lipinski definition) is 2. The zero-order valence-electron chi connectivity index (χ0n) is 14.0. The van der Waals surface area contributed by atoms with Crippen LogP contribution in [0.4, 0.5) is 0 Å². The lowest BCUT2D eigenvalue weighted by Gasteiger charge is -2.09. The molecule has 7 heteroatoms. The summed E-state index contributed by atoms with van der Waals surface area (Å²) in [5, 5.41) is 10.7. The third kappa shape index (κ3) is 7.71. The predicted molar refractivity (Wildman–Crippen MR) is 106 cm³/mol. The predicted octanol–water partition coefficient (Wildman–Crippen LogP) is 3.61. The van der Waals surface area contributed by atoms with E-state index in [0.717, 1.165) is 49.1 Å². The van der Waals surface area contributed by atoms with Crippen LogP contribution in [-0.2, 0) is 6.54 Å². The summed E-state index contributed by atoms with van der Waals surface area (Å²) in [5.74, 6) is 3.19. The van der Waals surface area contributed by atoms with Gasteiger partial charge in [0.15, 0.2) is 11.7 Å². The first-order valence-corrected chi connectivity index (χ1v) is 9.11. The Kier molecular flexibility index (Phi) is 12.8. The number of thioether (sulfide) groups is 1. The van der Waals surface area contributed by atoms with Crippen molar-refractivity contribution in [2.75, 3.05) is 25.1 Å². The number of aliphatic imine (C=N–C) groups is 1. The fraction of sp³-hybridized carbons (Fsp3) is 0.733. The fourth-order valence-electron chi connectivity index (χ4n) is 2.07. The molecule has 1 rings (SSSR count). The molecule has 0 aliphatic rings. The van der Waals surface area contributed by atoms with Gasteiger partial charge >= 0.3 is 0 Å². The maximum atomic E-state index is 5.39. The van der Waals surface area contributed by atoms with Crippen LogP contribution < -0.4 is 10.6 Å². The van der Waals surface area contributed by atoms with Crippen LogP contribution in [0.3, 0.4) is 0 Å². The molecule has 1 heterocycles. The Morgan fingerprint density at radius 1 is 1.32 bits per heavy atom. The van der Waals surface area contributed by atoms with Crippen molar-refractivity contribution < 1.29 is 4.52 Å². The molecule has 1 aromatic heterocycles. The molecule has 0 bridgehead atoms. The van der Waals surface area contributed by atoms with Crippen molar-refractivity contribution in [3.8, 4) is 0 Å². The number of rotatable bonds is 9. The highest BCUT2D eigenvalue weighted by atomic mass is 127. The maximum absolute atomic E-state index is 5.39. The minimum atomic E-state index is 0. The molecular weight excluding hydrogens is 411 g/mol. The van der Waals surface area contributed by atoms with Crippen molar-refractivity contribution in [3.05, 3.63) is 17.5 Å². The molecule has 0 aliphatic carbocycles. The molecule has 0 atom stereocenters. The lowest BCUT2D eigenvalue weighted by molar-refractivity contribution is 0.372. The van der Waals surface area contributed by atoms with Crippen LogP contribution in [0, 0.1) is 0 Å². The first-order valence-electron chi connectivity index (χ1n) is 7.71. The summed E-state index contributed by atoms with van der Waals surface area (Å²) in [4.78, 5) is 4.53. The molecule has 128 valence electrons. The average molecular weight is 440 g/mol. The summed E-state index contributed by atoms with van der Waals surface area (Å²) in [6.45, 7) is 8.69. The van der Waals surface area contributed by atoms with Gasteiger partial charge < -0.3 is 15.2 Å². The van der Waals surface area contributed by atoms with Crippen molar-refractivity contribution in [1.29, 1.82) is 0 Å². The monoisotopic (exact) mass is 440 g/mol. The topological polar surface area (TPSA) is 62.5 Å². The molecule has 0 unspecified atom stereocenters. The highest BCUT2D eigenvalue weighted by molar-refractivity contribution is 14.0. The Morgan fingerprint density at radius 2 is 2.05 bits per heavy atom. The summed E-state index contributed by atoms with van der Waals surface area (Å²) in [6.07, 6.45) is 4.27. The molecule has 5 nitrogen and oxygen atoms in total. The highest BCUT2D eigenvalue weighted by Crippen LogP contribution is 2.22. The number of guanidine groups is 1. The molecule has 0 aromatic carbocycles. The van der Waals surface area contributed by atoms with E-state index in [4.69, 9.17) is 4.52 Å². The Labute approximate surface area is 155 Å². The van der Waals surface area contributed by atoms with E-state index >= 15 is 0 Å². The first-order chi connectivity index (χ1) is 10.2. The van der Waals surface area contributed by atoms with Crippen LogP contribution in [0.5, 0.6) is 0 Å². The van der Waals surface area contributed by atoms with Gasteiger partial charge in [0, 0.05) is 30.8 Å². The van der Waals surface area contributed by atoms with Gasteiger partial charge in [0.05, 0.1) is 5.69 Å². The van der Waals surface area contributed by atoms with Crippen LogP contribution >= 0.6 is 35.7 Å². The van der Waals surface area contributed by atoms with E-state index in [2.05, 4.69) is 47.8 Å². The second kappa shape index (κ2) is 13.0. The molecule has 0 spiro atoms. The third-order valence-electron chi connectivity index (χ3n) is 3.32. The zero-order valence-corrected chi connectivity index (χ0v) is 17.2. The number of halogens is 1. The van der Waals surface area contributed by atoms with Crippen LogP contribution in [-0.4, -0.2) is 36.2 Å². The van der Waals surface area contributed by atoms with Gasteiger partial charge in [0.2, 0.25) is 0 Å². The van der Waals surface area contributed by atoms with Gasteiger partial charge in [-0.05, 0) is 26.0 Å². The van der Waals surface area contributed by atoms with E-state index in [1.807, 2.05) is 17.8 Å². The van der Waals surface area contributed by atoms with E-state index in [1.54, 1.807) is 0 Å². The quantitative estimate of drug-likeness (QED) is 0.266. The SMILES string of the molecule is CCNC(=NCc1cc(C(CC)CC)no1)NCCSC.I. The molecule has 1 aromatic rings. The molecule has 0 amide bonds. The summed E-state index contributed by atoms with van der Waals surface area (Å²) in [7, 11) is 0. The van der Waals surface area contributed by atoms with E-state index in [9.17, 15) is 0 Å². The lowest BCUT2D eigenvalue weighted by Crippen LogP contribution is -2.38. The average Bonchev–Trinajstić information content (AvgIpc) is 2.95. The second-order valence-corrected chi connectivity index (χ2v) is 5.83. The summed E-state index contributed by atoms with van der Waals surface area (Å²) < 4.78 is 5.39. The fourth-order valence-corrected chi connectivity index (χ4v) is 2.38. The van der Waals surface area contributed by atoms with Gasteiger partial charge in [-0.3, -0.25) is 0 Å². The minimum Gasteiger partial charge on any atom is -0.359 e. The Balaban J connectivity index is 0.00000441. The smallest absolute Gasteiger partial charge is 0.191 e. The van der Waals surface area contributed by atoms with Crippen LogP contribution in [0.25, 0.3) is 0 Å². The Morgan fingerprint density at radius 3 is 2.64 bits per heavy atom. The van der Waals surface area contributed by atoms with Gasteiger partial charge in [-0.1, -0.05) is 19.0 Å². The van der Waals surface area contributed by atoms with Crippen LogP contribution in [0.1, 0.15) is 51.0 Å². The normalized spacial score (nSPS) is 11.4. The second-order valence-electron chi connectivity index (χ2n) is 4.85. The zero-order chi connectivity index (χ0) is 15.5. The first kappa shape index (κ1) is 21.6. The minimum absolute atomic E-state index is 0. The van der Waals surface area contributed by atoms with Gasteiger partial charge in [-0.2, -0.15) is 11.8 Å². The number of nitrogens with zero attached hydrogens (tertiary/aromatic N) is 2. The molecule has 0 fully saturated rings. The molecule has 2 N–H and O–H groups in total. The summed E-state index contributed by atoms with van der Waals surface area (Å²) >= 11 is 1.81. The summed E-state index contributed by atoms with van der Waals surface area (Å²) in [6, 6.07) is 2.03. The number of hydrogen-bond acceptors (Lipinski definition) is 4. The van der Waals surface area contributed by atoms with Gasteiger partial charge in [-0.15, -0.1) is 24.0 Å². The molecule has 0 saturated carbocycles. The molecule has 22 heavy (non-hydrogen) atoms. The molecule has 0 saturated heterocycles. The van der Waals surface area contributed by atoms with E-state index in [-0.39, 0.29) is 24.0 Å². The lowest BCUT2D eigenvalue weighted by atomic mass is 9.99. The van der Waals surface area contributed by atoms with Crippen molar-refractivity contribution in [2.45, 2.75) is 46.1 Å². The van der Waals surface area contributed by atoms with Crippen molar-refractivity contribution in [1.82, 2.24) is 15.8 Å². The third-order valence-corrected chi connectivity index (χ3v) is 3.93. The molecule has 0 aliphatic heterocycles. The van der Waals surface area contributed by atoms with E-state index in [0.29, 0.717) is 12.5 Å². The molecule has 0 radical (unpaired) electrons. The standard InChI is InChI=1S/C15H28N4OS.HI/c1-5-12(6-2)14-10-13(20-19-14)11-18-15(16-7-3)17-8-9-21-4;/h10,12H,5-9,11H2,1-4H3,(H2,16,17,18);1H. The number of nitrogens with one attached hydrogen (secondary N) is 2. The number of aromatic nitrogens is 1. The summed E-state index contributed by atoms with van der Waals surface area (Å²) in [5.41, 5.74) is 1.05. The van der Waals surface area contributed by atoms with Gasteiger partial charge in [-0.25, -0.2) is 4.99 Å². The van der Waals surface area contributed by atoms with Gasteiger partial charge in [0.25, 0.3) is 0 Å². The maximum Gasteiger partial charge on any atom is 0.191 e. The Bertz CT molecular complexity index is 421. The highest BCUT2D eigenvalue weighted by Gasteiger charge is 2.12. The van der Waals surface area contributed by atoms with Gasteiger partial charge in [0.1, 0.15) is 6.54 Å². The van der Waals surface area contributed by atoms with E-state index in [1.165, 1.54) is 0 Å². The van der Waals surface area contributed by atoms with E-state index < -0.39 is 0 Å². The van der Waals surface area contributed by atoms with Crippen molar-refractivity contribution >= 4 is 41.7 Å². The van der Waals surface area contributed by atoms with Crippen molar-refractivity contribution in [2.24, 2.45) is 4.99 Å². The Hall–Kier alpha value is -0.440. The van der Waals surface area contributed by atoms with Crippen molar-refractivity contribution in [3.63, 3.8) is 0 Å².